The SMILES string of the molecule is C[C@]1(Cc2ccc(F)cc2)Cc2cc(C(=O)N(CC(=O)O)Cc3ccc(F)cc3)ccc2O1. The second-order valence-electron chi connectivity index (χ2n) is 8.54. The summed E-state index contributed by atoms with van der Waals surface area (Å²) < 4.78 is 32.6. The first-order chi connectivity index (χ1) is 15.7. The zero-order valence-corrected chi connectivity index (χ0v) is 18.1. The summed E-state index contributed by atoms with van der Waals surface area (Å²) in [7, 11) is 0. The van der Waals surface area contributed by atoms with Gasteiger partial charge >= 0.3 is 5.97 Å². The van der Waals surface area contributed by atoms with Gasteiger partial charge in [-0.3, -0.25) is 9.59 Å². The number of nitrogens with zero attached hydrogens (tertiary/aromatic N) is 1. The highest BCUT2D eigenvalue weighted by Crippen LogP contribution is 2.37. The smallest absolute Gasteiger partial charge is 0.323 e. The monoisotopic (exact) mass is 451 g/mol. The van der Waals surface area contributed by atoms with E-state index in [0.29, 0.717) is 29.7 Å². The number of carbonyl (C=O) groups is 2. The van der Waals surface area contributed by atoms with Crippen LogP contribution in [0.3, 0.4) is 0 Å². The van der Waals surface area contributed by atoms with Gasteiger partial charge in [-0.1, -0.05) is 24.3 Å². The molecule has 33 heavy (non-hydrogen) atoms. The van der Waals surface area contributed by atoms with Gasteiger partial charge in [-0.25, -0.2) is 8.78 Å². The topological polar surface area (TPSA) is 66.8 Å². The number of ether oxygens (including phenoxy) is 1. The minimum absolute atomic E-state index is 0.0429. The number of carbonyl (C=O) groups excluding carboxylic acids is 1. The van der Waals surface area contributed by atoms with E-state index < -0.39 is 29.8 Å². The number of aliphatic carboxylic acids is 1. The van der Waals surface area contributed by atoms with E-state index in [1.165, 1.54) is 41.3 Å². The summed E-state index contributed by atoms with van der Waals surface area (Å²) in [5, 5.41) is 9.29. The van der Waals surface area contributed by atoms with E-state index in [9.17, 15) is 23.5 Å². The Kier molecular flexibility index (Phi) is 6.14. The van der Waals surface area contributed by atoms with Crippen LogP contribution in [0.1, 0.15) is 34.0 Å². The number of rotatable bonds is 7. The number of amides is 1. The van der Waals surface area contributed by atoms with Crippen LogP contribution >= 0.6 is 0 Å². The third kappa shape index (κ3) is 5.37. The van der Waals surface area contributed by atoms with Gasteiger partial charge in [0, 0.05) is 24.9 Å². The quantitative estimate of drug-likeness (QED) is 0.569. The van der Waals surface area contributed by atoms with Crippen LogP contribution in [0.2, 0.25) is 0 Å². The van der Waals surface area contributed by atoms with Crippen molar-refractivity contribution >= 4 is 11.9 Å². The van der Waals surface area contributed by atoms with E-state index in [1.807, 2.05) is 6.92 Å². The minimum Gasteiger partial charge on any atom is -0.487 e. The number of hydrogen-bond acceptors (Lipinski definition) is 3. The second kappa shape index (κ2) is 9.02. The van der Waals surface area contributed by atoms with Crippen LogP contribution in [0.4, 0.5) is 8.78 Å². The van der Waals surface area contributed by atoms with Crippen molar-refractivity contribution in [2.24, 2.45) is 0 Å². The molecule has 170 valence electrons. The fourth-order valence-electron chi connectivity index (χ4n) is 4.14. The van der Waals surface area contributed by atoms with Gasteiger partial charge in [0.05, 0.1) is 0 Å². The molecule has 1 heterocycles. The van der Waals surface area contributed by atoms with Crippen LogP contribution in [0, 0.1) is 11.6 Å². The number of hydrogen-bond donors (Lipinski definition) is 1. The number of carboxylic acid groups (broad SMARTS) is 1. The standard InChI is InChI=1S/C26H23F2NO4/c1-26(13-17-2-7-21(27)8-3-17)14-20-12-19(6-11-23(20)33-26)25(32)29(16-24(30)31)15-18-4-9-22(28)10-5-18/h2-12H,13-16H2,1H3,(H,30,31)/t26-/m0/s1. The van der Waals surface area contributed by atoms with Crippen molar-refractivity contribution in [2.75, 3.05) is 6.54 Å². The fraction of sp³-hybridized carbons (Fsp3) is 0.231. The average molecular weight is 451 g/mol. The van der Waals surface area contributed by atoms with E-state index in [-0.39, 0.29) is 12.4 Å². The van der Waals surface area contributed by atoms with Crippen LogP contribution in [0.15, 0.2) is 66.7 Å². The first kappa shape index (κ1) is 22.5. The molecule has 0 saturated carbocycles. The summed E-state index contributed by atoms with van der Waals surface area (Å²) in [6.07, 6.45) is 1.12. The molecule has 4 rings (SSSR count). The average Bonchev–Trinajstić information content (AvgIpc) is 3.10. The first-order valence-electron chi connectivity index (χ1n) is 10.5. The van der Waals surface area contributed by atoms with Crippen molar-refractivity contribution in [3.63, 3.8) is 0 Å². The highest BCUT2D eigenvalue weighted by Gasteiger charge is 2.35. The molecule has 3 aromatic carbocycles. The summed E-state index contributed by atoms with van der Waals surface area (Å²) in [6, 6.07) is 16.9. The predicted molar refractivity (Wildman–Crippen MR) is 118 cm³/mol. The molecule has 1 amide bonds. The van der Waals surface area contributed by atoms with Crippen LogP contribution in [0.25, 0.3) is 0 Å². The number of fused-ring (bicyclic) bond motifs is 1. The lowest BCUT2D eigenvalue weighted by Crippen LogP contribution is -2.35. The van der Waals surface area contributed by atoms with Crippen molar-refractivity contribution < 1.29 is 28.2 Å². The molecule has 3 aromatic rings. The molecule has 0 aromatic heterocycles. The van der Waals surface area contributed by atoms with Gasteiger partial charge in [0.15, 0.2) is 0 Å². The van der Waals surface area contributed by atoms with Crippen molar-refractivity contribution in [1.82, 2.24) is 4.90 Å². The first-order valence-corrected chi connectivity index (χ1v) is 10.5. The van der Waals surface area contributed by atoms with Crippen molar-refractivity contribution in [1.29, 1.82) is 0 Å². The maximum atomic E-state index is 13.2. The van der Waals surface area contributed by atoms with Crippen LogP contribution in [-0.2, 0) is 24.2 Å². The predicted octanol–water partition coefficient (Wildman–Crippen LogP) is 4.63. The second-order valence-corrected chi connectivity index (χ2v) is 8.54. The molecule has 1 aliphatic rings. The molecule has 1 N–H and O–H groups in total. The number of halogens is 2. The molecule has 0 bridgehead atoms. The van der Waals surface area contributed by atoms with E-state index in [1.54, 1.807) is 30.3 Å². The zero-order chi connectivity index (χ0) is 23.6. The summed E-state index contributed by atoms with van der Waals surface area (Å²) in [5.41, 5.74) is 2.23. The van der Waals surface area contributed by atoms with Gasteiger partial charge in [-0.2, -0.15) is 0 Å². The lowest BCUT2D eigenvalue weighted by molar-refractivity contribution is -0.137. The minimum atomic E-state index is -1.14. The number of carboxylic acids is 1. The van der Waals surface area contributed by atoms with Gasteiger partial charge < -0.3 is 14.7 Å². The highest BCUT2D eigenvalue weighted by molar-refractivity contribution is 5.96. The Hall–Kier alpha value is -3.74. The Balaban J connectivity index is 1.52. The van der Waals surface area contributed by atoms with Gasteiger partial charge in [0.25, 0.3) is 5.91 Å². The van der Waals surface area contributed by atoms with Gasteiger partial charge in [-0.05, 0) is 66.1 Å². The Morgan fingerprint density at radius 2 is 1.58 bits per heavy atom. The van der Waals surface area contributed by atoms with Gasteiger partial charge in [-0.15, -0.1) is 0 Å². The molecule has 1 atom stereocenters. The molecule has 0 saturated heterocycles. The molecule has 0 spiro atoms. The summed E-state index contributed by atoms with van der Waals surface area (Å²) in [5.74, 6) is -1.61. The number of benzene rings is 3. The Morgan fingerprint density at radius 1 is 0.970 bits per heavy atom. The van der Waals surface area contributed by atoms with Crippen LogP contribution in [-0.4, -0.2) is 34.0 Å². The molecular formula is C26H23F2NO4. The lowest BCUT2D eigenvalue weighted by atomic mass is 9.91. The highest BCUT2D eigenvalue weighted by atomic mass is 19.1. The molecule has 0 aliphatic carbocycles. The summed E-state index contributed by atoms with van der Waals surface area (Å²) in [6.45, 7) is 1.52. The van der Waals surface area contributed by atoms with Gasteiger partial charge in [0.2, 0.25) is 0 Å². The van der Waals surface area contributed by atoms with E-state index in [0.717, 1.165) is 11.1 Å². The molecule has 1 aliphatic heterocycles. The maximum Gasteiger partial charge on any atom is 0.323 e. The molecule has 0 fully saturated rings. The Morgan fingerprint density at radius 3 is 2.18 bits per heavy atom. The van der Waals surface area contributed by atoms with Gasteiger partial charge in [0.1, 0.15) is 29.5 Å². The molecule has 0 radical (unpaired) electrons. The zero-order valence-electron chi connectivity index (χ0n) is 18.1. The van der Waals surface area contributed by atoms with Crippen molar-refractivity contribution in [3.05, 3.63) is 101 Å². The van der Waals surface area contributed by atoms with E-state index >= 15 is 0 Å². The molecule has 7 heteroatoms. The Bertz CT molecular complexity index is 1180. The normalized spacial score (nSPS) is 16.7. The molecule has 0 unspecified atom stereocenters. The maximum absolute atomic E-state index is 13.2. The third-order valence-electron chi connectivity index (χ3n) is 5.62. The lowest BCUT2D eigenvalue weighted by Gasteiger charge is -2.24. The third-order valence-corrected chi connectivity index (χ3v) is 5.62. The fourth-order valence-corrected chi connectivity index (χ4v) is 4.14. The van der Waals surface area contributed by atoms with E-state index in [4.69, 9.17) is 4.74 Å². The molecular weight excluding hydrogens is 428 g/mol. The van der Waals surface area contributed by atoms with Crippen LogP contribution < -0.4 is 4.74 Å². The summed E-state index contributed by atoms with van der Waals surface area (Å²) >= 11 is 0. The van der Waals surface area contributed by atoms with Crippen molar-refractivity contribution in [2.45, 2.75) is 31.9 Å². The largest absolute Gasteiger partial charge is 0.487 e. The summed E-state index contributed by atoms with van der Waals surface area (Å²) in [4.78, 5) is 25.7. The van der Waals surface area contributed by atoms with Crippen LogP contribution in [0.5, 0.6) is 5.75 Å². The van der Waals surface area contributed by atoms with E-state index in [2.05, 4.69) is 0 Å². The van der Waals surface area contributed by atoms with Crippen molar-refractivity contribution in [3.8, 4) is 5.75 Å². The molecule has 5 nitrogen and oxygen atoms in total. The Labute approximate surface area is 190 Å².